The van der Waals surface area contributed by atoms with Crippen LogP contribution in [-0.4, -0.2) is 18.6 Å². The van der Waals surface area contributed by atoms with Crippen molar-refractivity contribution in [1.29, 1.82) is 0 Å². The smallest absolute Gasteiger partial charge is 0.307 e. The van der Waals surface area contributed by atoms with Crippen LogP contribution in [0.1, 0.15) is 45.4 Å². The Hall–Kier alpha value is -0.570. The minimum absolute atomic E-state index is 0.173. The summed E-state index contributed by atoms with van der Waals surface area (Å²) in [5.74, 6) is 0.309. The first kappa shape index (κ1) is 11.5. The average molecular weight is 199 g/mol. The summed E-state index contributed by atoms with van der Waals surface area (Å²) in [6.45, 7) is 2.15. The van der Waals surface area contributed by atoms with Crippen LogP contribution in [0.5, 0.6) is 0 Å². The fourth-order valence-electron chi connectivity index (χ4n) is 2.52. The van der Waals surface area contributed by atoms with E-state index < -0.39 is 0 Å². The predicted molar refractivity (Wildman–Crippen MR) is 55.8 cm³/mol. The van der Waals surface area contributed by atoms with Gasteiger partial charge in [0.15, 0.2) is 0 Å². The van der Waals surface area contributed by atoms with E-state index in [0.717, 1.165) is 25.7 Å². The maximum Gasteiger partial charge on any atom is 0.307 e. The monoisotopic (exact) mass is 199 g/mol. The van der Waals surface area contributed by atoms with Crippen molar-refractivity contribution in [3.63, 3.8) is 0 Å². The lowest BCUT2D eigenvalue weighted by Gasteiger charge is -2.40. The Morgan fingerprint density at radius 1 is 1.57 bits per heavy atom. The zero-order valence-electron chi connectivity index (χ0n) is 9.21. The molecule has 1 fully saturated rings. The van der Waals surface area contributed by atoms with Gasteiger partial charge in [-0.05, 0) is 18.8 Å². The lowest BCUT2D eigenvalue weighted by atomic mass is 9.70. The Labute approximate surface area is 86.0 Å². The summed E-state index contributed by atoms with van der Waals surface area (Å²) >= 11 is 0. The molecule has 0 saturated heterocycles. The molecule has 0 aromatic carbocycles. The summed E-state index contributed by atoms with van der Waals surface area (Å²) in [6.07, 6.45) is 5.95. The molecule has 1 saturated carbocycles. The second-order valence-corrected chi connectivity index (χ2v) is 4.34. The highest BCUT2D eigenvalue weighted by atomic mass is 16.5. The summed E-state index contributed by atoms with van der Waals surface area (Å²) in [7, 11) is 1.43. The molecular weight excluding hydrogens is 178 g/mol. The Morgan fingerprint density at radius 3 is 2.86 bits per heavy atom. The Bertz CT molecular complexity index is 205. The first-order valence-corrected chi connectivity index (χ1v) is 5.48. The van der Waals surface area contributed by atoms with Crippen LogP contribution in [0.3, 0.4) is 0 Å². The molecule has 1 rings (SSSR count). The van der Waals surface area contributed by atoms with Crippen LogP contribution in [0, 0.1) is 5.92 Å². The number of carbonyl (C=O) groups is 1. The maximum absolute atomic E-state index is 11.2. The molecule has 0 aliphatic heterocycles. The Balaban J connectivity index is 2.62. The first-order valence-electron chi connectivity index (χ1n) is 5.48. The first-order chi connectivity index (χ1) is 6.62. The molecule has 3 nitrogen and oxygen atoms in total. The summed E-state index contributed by atoms with van der Waals surface area (Å²) < 4.78 is 4.69. The fraction of sp³-hybridized carbons (Fsp3) is 0.909. The minimum atomic E-state index is -0.305. The highest BCUT2D eigenvalue weighted by Crippen LogP contribution is 2.36. The van der Waals surface area contributed by atoms with E-state index in [1.54, 1.807) is 0 Å². The van der Waals surface area contributed by atoms with Gasteiger partial charge in [0.1, 0.15) is 0 Å². The lowest BCUT2D eigenvalue weighted by molar-refractivity contribution is -0.143. The molecule has 1 aliphatic carbocycles. The van der Waals surface area contributed by atoms with Gasteiger partial charge in [-0.25, -0.2) is 0 Å². The molecule has 82 valence electrons. The second-order valence-electron chi connectivity index (χ2n) is 4.34. The van der Waals surface area contributed by atoms with Crippen molar-refractivity contribution in [3.8, 4) is 0 Å². The van der Waals surface area contributed by atoms with Crippen molar-refractivity contribution >= 4 is 5.97 Å². The highest BCUT2D eigenvalue weighted by Gasteiger charge is 2.38. The number of hydrogen-bond acceptors (Lipinski definition) is 3. The number of ether oxygens (including phenoxy) is 1. The van der Waals surface area contributed by atoms with Gasteiger partial charge in [-0.1, -0.05) is 26.2 Å². The molecule has 0 aromatic rings. The number of methoxy groups -OCH3 is 1. The van der Waals surface area contributed by atoms with Gasteiger partial charge in [0.2, 0.25) is 0 Å². The molecule has 3 heteroatoms. The molecule has 0 spiro atoms. The predicted octanol–water partition coefficient (Wildman–Crippen LogP) is 1.85. The third-order valence-electron chi connectivity index (χ3n) is 3.45. The summed E-state index contributed by atoms with van der Waals surface area (Å²) in [5.41, 5.74) is 5.98. The van der Waals surface area contributed by atoms with E-state index in [1.165, 1.54) is 13.5 Å². The van der Waals surface area contributed by atoms with Crippen LogP contribution in [0.4, 0.5) is 0 Å². The average Bonchev–Trinajstić information content (AvgIpc) is 2.18. The van der Waals surface area contributed by atoms with E-state index in [0.29, 0.717) is 12.3 Å². The van der Waals surface area contributed by atoms with Gasteiger partial charge >= 0.3 is 5.97 Å². The molecule has 0 aromatic heterocycles. The van der Waals surface area contributed by atoms with E-state index in [2.05, 4.69) is 6.92 Å². The number of rotatable bonds is 3. The molecule has 14 heavy (non-hydrogen) atoms. The lowest BCUT2D eigenvalue weighted by Crippen LogP contribution is -2.50. The van der Waals surface area contributed by atoms with Crippen LogP contribution in [0.15, 0.2) is 0 Å². The Morgan fingerprint density at radius 2 is 2.29 bits per heavy atom. The van der Waals surface area contributed by atoms with Crippen molar-refractivity contribution in [2.24, 2.45) is 11.7 Å². The minimum Gasteiger partial charge on any atom is -0.469 e. The van der Waals surface area contributed by atoms with Crippen molar-refractivity contribution < 1.29 is 9.53 Å². The molecule has 0 bridgehead atoms. The normalized spacial score (nSPS) is 32.6. The number of nitrogens with two attached hydrogens (primary N) is 1. The van der Waals surface area contributed by atoms with Crippen LogP contribution < -0.4 is 5.73 Å². The third-order valence-corrected chi connectivity index (χ3v) is 3.45. The third kappa shape index (κ3) is 2.47. The topological polar surface area (TPSA) is 52.3 Å². The second kappa shape index (κ2) is 4.78. The molecule has 0 amide bonds. The SMILES string of the molecule is CCC1CCCCC1(N)CC(=O)OC. The number of carbonyl (C=O) groups excluding carboxylic acids is 1. The molecule has 2 N–H and O–H groups in total. The molecule has 2 unspecified atom stereocenters. The zero-order chi connectivity index (χ0) is 10.6. The van der Waals surface area contributed by atoms with Crippen molar-refractivity contribution in [2.45, 2.75) is 51.0 Å². The highest BCUT2D eigenvalue weighted by molar-refractivity contribution is 5.70. The van der Waals surface area contributed by atoms with E-state index >= 15 is 0 Å². The quantitative estimate of drug-likeness (QED) is 0.706. The van der Waals surface area contributed by atoms with Crippen LogP contribution in [0.25, 0.3) is 0 Å². The maximum atomic E-state index is 11.2. The van der Waals surface area contributed by atoms with Crippen LogP contribution in [-0.2, 0) is 9.53 Å². The van der Waals surface area contributed by atoms with Gasteiger partial charge in [-0.15, -0.1) is 0 Å². The van der Waals surface area contributed by atoms with Gasteiger partial charge in [0.05, 0.1) is 13.5 Å². The summed E-state index contributed by atoms with van der Waals surface area (Å²) in [5, 5.41) is 0. The Kier molecular flexibility index (Phi) is 3.93. The zero-order valence-corrected chi connectivity index (χ0v) is 9.21. The van der Waals surface area contributed by atoms with Crippen molar-refractivity contribution in [1.82, 2.24) is 0 Å². The van der Waals surface area contributed by atoms with E-state index in [1.807, 2.05) is 0 Å². The van der Waals surface area contributed by atoms with Gasteiger partial charge in [-0.2, -0.15) is 0 Å². The van der Waals surface area contributed by atoms with Crippen molar-refractivity contribution in [2.75, 3.05) is 7.11 Å². The standard InChI is InChI=1S/C11H21NO2/c1-3-9-6-4-5-7-11(9,12)8-10(13)14-2/h9H,3-8,12H2,1-2H3. The molecule has 2 atom stereocenters. The van der Waals surface area contributed by atoms with E-state index in [4.69, 9.17) is 10.5 Å². The number of hydrogen-bond donors (Lipinski definition) is 1. The van der Waals surface area contributed by atoms with Gasteiger partial charge in [-0.3, -0.25) is 4.79 Å². The molecule has 1 aliphatic rings. The van der Waals surface area contributed by atoms with E-state index in [-0.39, 0.29) is 11.5 Å². The summed E-state index contributed by atoms with van der Waals surface area (Å²) in [4.78, 5) is 11.2. The van der Waals surface area contributed by atoms with Gasteiger partial charge in [0.25, 0.3) is 0 Å². The van der Waals surface area contributed by atoms with E-state index in [9.17, 15) is 4.79 Å². The fourth-order valence-corrected chi connectivity index (χ4v) is 2.52. The van der Waals surface area contributed by atoms with Gasteiger partial charge < -0.3 is 10.5 Å². The van der Waals surface area contributed by atoms with Gasteiger partial charge in [0, 0.05) is 5.54 Å². The molecule has 0 heterocycles. The summed E-state index contributed by atoms with van der Waals surface area (Å²) in [6, 6.07) is 0. The van der Waals surface area contributed by atoms with Crippen LogP contribution in [0.2, 0.25) is 0 Å². The molecule has 0 radical (unpaired) electrons. The van der Waals surface area contributed by atoms with Crippen molar-refractivity contribution in [3.05, 3.63) is 0 Å². The van der Waals surface area contributed by atoms with Crippen LogP contribution >= 0.6 is 0 Å². The largest absolute Gasteiger partial charge is 0.469 e. The molecular formula is C11H21NO2. The number of esters is 1.